The number of hydrogen-bond acceptors (Lipinski definition) is 7. The van der Waals surface area contributed by atoms with Gasteiger partial charge in [-0.2, -0.15) is 4.68 Å². The molecule has 0 aliphatic carbocycles. The lowest BCUT2D eigenvalue weighted by Gasteiger charge is -2.31. The first-order chi connectivity index (χ1) is 15.1. The quantitative estimate of drug-likeness (QED) is 0.606. The first-order valence-electron chi connectivity index (χ1n) is 10.2. The van der Waals surface area contributed by atoms with Gasteiger partial charge in [0.1, 0.15) is 11.6 Å². The summed E-state index contributed by atoms with van der Waals surface area (Å²) in [5.74, 6) is 1.15. The van der Waals surface area contributed by atoms with Crippen molar-refractivity contribution in [1.29, 1.82) is 0 Å². The molecule has 2 aromatic heterocycles. The van der Waals surface area contributed by atoms with E-state index in [0.29, 0.717) is 23.6 Å². The van der Waals surface area contributed by atoms with E-state index in [2.05, 4.69) is 20.0 Å². The first-order valence-corrected chi connectivity index (χ1v) is 10.2. The van der Waals surface area contributed by atoms with E-state index in [1.807, 2.05) is 0 Å². The summed E-state index contributed by atoms with van der Waals surface area (Å²) in [6.07, 6.45) is 3.55. The van der Waals surface area contributed by atoms with Gasteiger partial charge in [-0.3, -0.25) is 14.9 Å². The zero-order chi connectivity index (χ0) is 21.8. The van der Waals surface area contributed by atoms with E-state index in [-0.39, 0.29) is 17.6 Å². The van der Waals surface area contributed by atoms with Crippen LogP contribution in [0.2, 0.25) is 0 Å². The van der Waals surface area contributed by atoms with E-state index in [0.717, 1.165) is 37.4 Å². The summed E-state index contributed by atoms with van der Waals surface area (Å²) in [4.78, 5) is 33.8. The highest BCUT2D eigenvalue weighted by Gasteiger charge is 2.25. The van der Waals surface area contributed by atoms with Gasteiger partial charge < -0.3 is 9.47 Å². The van der Waals surface area contributed by atoms with Crippen LogP contribution < -0.4 is 10.4 Å². The number of carbonyl (C=O) groups is 1. The first kappa shape index (κ1) is 20.8. The maximum Gasteiger partial charge on any atom is 0.348 e. The Morgan fingerprint density at radius 2 is 2.03 bits per heavy atom. The number of nitrogens with one attached hydrogen (secondary N) is 1. The van der Waals surface area contributed by atoms with Crippen LogP contribution in [0.4, 0.5) is 0 Å². The third-order valence-corrected chi connectivity index (χ3v) is 5.47. The Morgan fingerprint density at radius 3 is 2.77 bits per heavy atom. The minimum Gasteiger partial charge on any atom is -0.497 e. The zero-order valence-electron chi connectivity index (χ0n) is 17.6. The molecule has 9 nitrogen and oxygen atoms in total. The molecule has 31 heavy (non-hydrogen) atoms. The number of ether oxygens (including phenoxy) is 2. The molecule has 9 heteroatoms. The van der Waals surface area contributed by atoms with E-state index in [9.17, 15) is 9.59 Å². The number of rotatable bonds is 6. The van der Waals surface area contributed by atoms with E-state index in [4.69, 9.17) is 9.47 Å². The van der Waals surface area contributed by atoms with Crippen molar-refractivity contribution < 1.29 is 14.3 Å². The van der Waals surface area contributed by atoms with E-state index >= 15 is 0 Å². The highest BCUT2D eigenvalue weighted by atomic mass is 16.5. The van der Waals surface area contributed by atoms with Gasteiger partial charge >= 0.3 is 11.7 Å². The molecule has 0 amide bonds. The number of aromatic nitrogens is 4. The number of esters is 1. The summed E-state index contributed by atoms with van der Waals surface area (Å²) in [7, 11) is 2.97. The Morgan fingerprint density at radius 1 is 1.23 bits per heavy atom. The summed E-state index contributed by atoms with van der Waals surface area (Å²) in [5, 5.41) is 4.55. The Kier molecular flexibility index (Phi) is 6.13. The summed E-state index contributed by atoms with van der Waals surface area (Å²) in [6.45, 7) is 2.29. The van der Waals surface area contributed by atoms with Crippen molar-refractivity contribution in [1.82, 2.24) is 24.6 Å². The number of H-pyrrole nitrogens is 1. The fourth-order valence-corrected chi connectivity index (χ4v) is 3.88. The molecular formula is C22H25N5O4. The SMILES string of the molecule is COC(=O)c1ccnc(CN2CCC[C@H](c3nn(-c4ccc(OC)cc4)c(=O)[nH]3)C2)c1. The average Bonchev–Trinajstić information content (AvgIpc) is 3.20. The second-order valence-electron chi connectivity index (χ2n) is 7.53. The van der Waals surface area contributed by atoms with Crippen molar-refractivity contribution in [3.63, 3.8) is 0 Å². The molecule has 1 aliphatic rings. The summed E-state index contributed by atoms with van der Waals surface area (Å²) in [6, 6.07) is 10.6. The van der Waals surface area contributed by atoms with Crippen LogP contribution >= 0.6 is 0 Å². The summed E-state index contributed by atoms with van der Waals surface area (Å²) >= 11 is 0. The predicted molar refractivity (Wildman–Crippen MR) is 114 cm³/mol. The molecule has 3 aromatic rings. The van der Waals surface area contributed by atoms with E-state index in [1.165, 1.54) is 11.8 Å². The maximum atomic E-state index is 12.5. The lowest BCUT2D eigenvalue weighted by atomic mass is 9.97. The number of pyridine rings is 1. The third-order valence-electron chi connectivity index (χ3n) is 5.47. The number of likely N-dealkylation sites (tertiary alicyclic amines) is 1. The molecule has 0 radical (unpaired) electrons. The molecule has 1 aliphatic heterocycles. The van der Waals surface area contributed by atoms with Crippen LogP contribution in [-0.4, -0.2) is 57.9 Å². The van der Waals surface area contributed by atoms with Crippen molar-refractivity contribution in [2.24, 2.45) is 0 Å². The van der Waals surface area contributed by atoms with Crippen LogP contribution in [0.5, 0.6) is 5.75 Å². The second-order valence-corrected chi connectivity index (χ2v) is 7.53. The van der Waals surface area contributed by atoms with Gasteiger partial charge in [0.15, 0.2) is 0 Å². The highest BCUT2D eigenvalue weighted by molar-refractivity contribution is 5.89. The minimum atomic E-state index is -0.373. The van der Waals surface area contributed by atoms with Crippen LogP contribution in [-0.2, 0) is 11.3 Å². The van der Waals surface area contributed by atoms with Crippen LogP contribution in [0.15, 0.2) is 47.4 Å². The highest BCUT2D eigenvalue weighted by Crippen LogP contribution is 2.25. The average molecular weight is 423 g/mol. The normalized spacial score (nSPS) is 16.8. The monoisotopic (exact) mass is 423 g/mol. The molecule has 0 unspecified atom stereocenters. The van der Waals surface area contributed by atoms with Gasteiger partial charge in [0.25, 0.3) is 0 Å². The number of piperidine rings is 1. The van der Waals surface area contributed by atoms with Crippen molar-refractivity contribution in [2.75, 3.05) is 27.3 Å². The van der Waals surface area contributed by atoms with Gasteiger partial charge in [0.05, 0.1) is 31.2 Å². The molecule has 0 spiro atoms. The van der Waals surface area contributed by atoms with Crippen molar-refractivity contribution >= 4 is 5.97 Å². The number of methoxy groups -OCH3 is 2. The molecule has 3 heterocycles. The van der Waals surface area contributed by atoms with Gasteiger partial charge in [-0.15, -0.1) is 5.10 Å². The number of aromatic amines is 1. The molecule has 0 bridgehead atoms. The van der Waals surface area contributed by atoms with Crippen LogP contribution in [0, 0.1) is 0 Å². The maximum absolute atomic E-state index is 12.5. The van der Waals surface area contributed by atoms with E-state index < -0.39 is 0 Å². The largest absolute Gasteiger partial charge is 0.497 e. The van der Waals surface area contributed by atoms with Crippen LogP contribution in [0.3, 0.4) is 0 Å². The number of carbonyl (C=O) groups excluding carboxylic acids is 1. The molecule has 0 saturated carbocycles. The minimum absolute atomic E-state index is 0.115. The summed E-state index contributed by atoms with van der Waals surface area (Å²) in [5.41, 5.74) is 1.72. The fraction of sp³-hybridized carbons (Fsp3) is 0.364. The lowest BCUT2D eigenvalue weighted by molar-refractivity contribution is 0.0600. The van der Waals surface area contributed by atoms with Gasteiger partial charge in [-0.1, -0.05) is 0 Å². The number of nitrogens with zero attached hydrogens (tertiary/aromatic N) is 4. The Labute approximate surface area is 179 Å². The Bertz CT molecular complexity index is 1110. The van der Waals surface area contributed by atoms with Gasteiger partial charge in [-0.25, -0.2) is 9.59 Å². The second kappa shape index (κ2) is 9.13. The van der Waals surface area contributed by atoms with Crippen molar-refractivity contribution in [2.45, 2.75) is 25.3 Å². The van der Waals surface area contributed by atoms with Gasteiger partial charge in [0.2, 0.25) is 0 Å². The molecule has 162 valence electrons. The van der Waals surface area contributed by atoms with Crippen LogP contribution in [0.1, 0.15) is 40.6 Å². The molecule has 1 atom stereocenters. The molecule has 1 saturated heterocycles. The summed E-state index contributed by atoms with van der Waals surface area (Å²) < 4.78 is 11.3. The topological polar surface area (TPSA) is 102 Å². The van der Waals surface area contributed by atoms with Crippen molar-refractivity contribution in [3.8, 4) is 11.4 Å². The standard InChI is InChI=1S/C22H25N5O4/c1-30-19-7-5-18(6-8-19)27-22(29)24-20(25-27)16-4-3-11-26(13-16)14-17-12-15(9-10-23-17)21(28)31-2/h5-10,12,16H,3-4,11,13-14H2,1-2H3,(H,24,25,29)/t16-/m0/s1. The Balaban J connectivity index is 1.48. The predicted octanol–water partition coefficient (Wildman–Crippen LogP) is 2.13. The third kappa shape index (κ3) is 4.66. The number of benzene rings is 1. The van der Waals surface area contributed by atoms with E-state index in [1.54, 1.807) is 49.7 Å². The van der Waals surface area contributed by atoms with Gasteiger partial charge in [-0.05, 0) is 55.8 Å². The van der Waals surface area contributed by atoms with Gasteiger partial charge in [0, 0.05) is 25.2 Å². The molecule has 1 aromatic carbocycles. The smallest absolute Gasteiger partial charge is 0.348 e. The molecular weight excluding hydrogens is 398 g/mol. The fourth-order valence-electron chi connectivity index (χ4n) is 3.88. The Hall–Kier alpha value is -3.46. The molecule has 1 fully saturated rings. The molecule has 1 N–H and O–H groups in total. The number of hydrogen-bond donors (Lipinski definition) is 1. The van der Waals surface area contributed by atoms with Crippen molar-refractivity contribution in [3.05, 3.63) is 70.2 Å². The molecule has 4 rings (SSSR count). The van der Waals surface area contributed by atoms with Crippen LogP contribution in [0.25, 0.3) is 5.69 Å². The zero-order valence-corrected chi connectivity index (χ0v) is 17.6. The lowest BCUT2D eigenvalue weighted by Crippen LogP contribution is -2.34.